The summed E-state index contributed by atoms with van der Waals surface area (Å²) in [6.45, 7) is 0.595. The number of fused-ring (bicyclic) bond motifs is 1. The molecule has 0 saturated carbocycles. The van der Waals surface area contributed by atoms with Gasteiger partial charge in [-0.15, -0.1) is 23.7 Å². The molecule has 0 N–H and O–H groups in total. The van der Waals surface area contributed by atoms with Crippen LogP contribution in [-0.2, 0) is 4.79 Å². The number of nitrogens with zero attached hydrogens (tertiary/aromatic N) is 2. The molecule has 1 fully saturated rings. The van der Waals surface area contributed by atoms with E-state index in [1.807, 2.05) is 12.1 Å². The summed E-state index contributed by atoms with van der Waals surface area (Å²) in [5.74, 6) is 2.76. The molecular formula is C13H9BrN2OS. The zero-order valence-corrected chi connectivity index (χ0v) is 11.8. The van der Waals surface area contributed by atoms with Gasteiger partial charge in [0.1, 0.15) is 0 Å². The molecule has 5 heteroatoms. The maximum Gasteiger partial charge on any atom is 0.228 e. The van der Waals surface area contributed by atoms with Crippen LogP contribution in [0.3, 0.4) is 0 Å². The van der Waals surface area contributed by atoms with Crippen LogP contribution >= 0.6 is 27.3 Å². The van der Waals surface area contributed by atoms with Crippen LogP contribution < -0.4 is 4.90 Å². The Kier molecular flexibility index (Phi) is 2.84. The fourth-order valence-electron chi connectivity index (χ4n) is 2.15. The molecule has 2 heterocycles. The lowest BCUT2D eigenvalue weighted by Gasteiger charge is -2.17. The Balaban J connectivity index is 2.07. The number of rotatable bonds is 1. The first-order chi connectivity index (χ1) is 8.70. The van der Waals surface area contributed by atoms with Crippen molar-refractivity contribution in [1.82, 2.24) is 4.98 Å². The van der Waals surface area contributed by atoms with Gasteiger partial charge in [-0.1, -0.05) is 0 Å². The number of benzene rings is 1. The first kappa shape index (κ1) is 11.7. The smallest absolute Gasteiger partial charge is 0.228 e. The molecule has 3 rings (SSSR count). The van der Waals surface area contributed by atoms with Crippen molar-refractivity contribution in [2.45, 2.75) is 6.42 Å². The molecule has 1 unspecified atom stereocenters. The van der Waals surface area contributed by atoms with Crippen molar-refractivity contribution in [3.63, 3.8) is 0 Å². The molecule has 1 amide bonds. The van der Waals surface area contributed by atoms with E-state index in [1.54, 1.807) is 21.7 Å². The SMILES string of the molecule is C#CC1CC(=O)N(c2ccc3ncsc3c2Br)C1. The lowest BCUT2D eigenvalue weighted by Crippen LogP contribution is -2.24. The second-order valence-corrected chi connectivity index (χ2v) is 5.82. The monoisotopic (exact) mass is 320 g/mol. The second-order valence-electron chi connectivity index (χ2n) is 4.17. The Labute approximate surface area is 117 Å². The largest absolute Gasteiger partial charge is 0.310 e. The molecule has 0 aliphatic carbocycles. The van der Waals surface area contributed by atoms with Gasteiger partial charge in [-0.3, -0.25) is 4.79 Å². The van der Waals surface area contributed by atoms with Gasteiger partial charge in [-0.05, 0) is 28.1 Å². The topological polar surface area (TPSA) is 33.2 Å². The minimum atomic E-state index is 0.0153. The maximum absolute atomic E-state index is 12.0. The lowest BCUT2D eigenvalue weighted by molar-refractivity contribution is -0.117. The van der Waals surface area contributed by atoms with E-state index < -0.39 is 0 Å². The zero-order valence-electron chi connectivity index (χ0n) is 9.39. The number of thiazole rings is 1. The van der Waals surface area contributed by atoms with Crippen LogP contribution in [0, 0.1) is 18.3 Å². The third-order valence-electron chi connectivity index (χ3n) is 3.07. The van der Waals surface area contributed by atoms with Crippen molar-refractivity contribution in [3.8, 4) is 12.3 Å². The van der Waals surface area contributed by atoms with Gasteiger partial charge < -0.3 is 4.90 Å². The van der Waals surface area contributed by atoms with Crippen LogP contribution in [0.4, 0.5) is 5.69 Å². The molecule has 2 aromatic rings. The summed E-state index contributed by atoms with van der Waals surface area (Å²) in [5, 5.41) is 0. The van der Waals surface area contributed by atoms with Gasteiger partial charge in [0.2, 0.25) is 5.91 Å². The third kappa shape index (κ3) is 1.73. The average molecular weight is 321 g/mol. The highest BCUT2D eigenvalue weighted by Gasteiger charge is 2.30. The number of terminal acetylenes is 1. The first-order valence-electron chi connectivity index (χ1n) is 5.49. The zero-order chi connectivity index (χ0) is 12.7. The van der Waals surface area contributed by atoms with E-state index >= 15 is 0 Å². The molecule has 1 aliphatic rings. The van der Waals surface area contributed by atoms with Gasteiger partial charge in [0, 0.05) is 18.9 Å². The third-order valence-corrected chi connectivity index (χ3v) is 4.99. The van der Waals surface area contributed by atoms with Gasteiger partial charge in [-0.2, -0.15) is 0 Å². The second kappa shape index (κ2) is 4.38. The fourth-order valence-corrected chi connectivity index (χ4v) is 3.70. The van der Waals surface area contributed by atoms with Gasteiger partial charge in [0.15, 0.2) is 0 Å². The van der Waals surface area contributed by atoms with Crippen molar-refractivity contribution in [2.75, 3.05) is 11.4 Å². The van der Waals surface area contributed by atoms with Crippen LogP contribution in [0.1, 0.15) is 6.42 Å². The van der Waals surface area contributed by atoms with Crippen LogP contribution in [-0.4, -0.2) is 17.4 Å². The molecule has 1 aromatic heterocycles. The number of carbonyl (C=O) groups is 1. The Morgan fingerprint density at radius 3 is 3.11 bits per heavy atom. The molecule has 3 nitrogen and oxygen atoms in total. The van der Waals surface area contributed by atoms with Gasteiger partial charge >= 0.3 is 0 Å². The predicted molar refractivity (Wildman–Crippen MR) is 76.6 cm³/mol. The molecule has 18 heavy (non-hydrogen) atoms. The average Bonchev–Trinajstić information content (AvgIpc) is 2.96. The summed E-state index contributed by atoms with van der Waals surface area (Å²) in [4.78, 5) is 18.0. The molecule has 1 saturated heterocycles. The number of aromatic nitrogens is 1. The maximum atomic E-state index is 12.0. The van der Waals surface area contributed by atoms with E-state index in [1.165, 1.54) is 0 Å². The summed E-state index contributed by atoms with van der Waals surface area (Å²) in [6.07, 6.45) is 5.83. The molecule has 0 bridgehead atoms. The summed E-state index contributed by atoms with van der Waals surface area (Å²) in [7, 11) is 0. The van der Waals surface area contributed by atoms with E-state index in [9.17, 15) is 4.79 Å². The van der Waals surface area contributed by atoms with E-state index in [4.69, 9.17) is 6.42 Å². The Morgan fingerprint density at radius 1 is 1.56 bits per heavy atom. The minimum Gasteiger partial charge on any atom is -0.310 e. The highest BCUT2D eigenvalue weighted by Crippen LogP contribution is 2.37. The van der Waals surface area contributed by atoms with E-state index in [0.717, 1.165) is 20.4 Å². The summed E-state index contributed by atoms with van der Waals surface area (Å²) in [5.41, 5.74) is 3.63. The Morgan fingerprint density at radius 2 is 2.39 bits per heavy atom. The number of hydrogen-bond acceptors (Lipinski definition) is 3. The first-order valence-corrected chi connectivity index (χ1v) is 7.16. The fraction of sp³-hybridized carbons (Fsp3) is 0.231. The molecular weight excluding hydrogens is 312 g/mol. The Bertz CT molecular complexity index is 673. The van der Waals surface area contributed by atoms with E-state index in [2.05, 4.69) is 26.8 Å². The van der Waals surface area contributed by atoms with Crippen LogP contribution in [0.2, 0.25) is 0 Å². The normalized spacial score (nSPS) is 19.4. The van der Waals surface area contributed by atoms with Crippen molar-refractivity contribution in [1.29, 1.82) is 0 Å². The van der Waals surface area contributed by atoms with Crippen LogP contribution in [0.15, 0.2) is 22.1 Å². The standard InChI is InChI=1S/C13H9BrN2OS/c1-2-8-5-11(17)16(6-8)10-4-3-9-13(12(10)14)18-7-15-9/h1,3-4,7-8H,5-6H2. The van der Waals surface area contributed by atoms with Crippen molar-refractivity contribution in [3.05, 3.63) is 22.1 Å². The molecule has 1 aliphatic heterocycles. The number of carbonyl (C=O) groups excluding carboxylic acids is 1. The number of halogens is 1. The molecule has 0 radical (unpaired) electrons. The Hall–Kier alpha value is -1.38. The minimum absolute atomic E-state index is 0.0153. The van der Waals surface area contributed by atoms with Gasteiger partial charge in [0.25, 0.3) is 0 Å². The van der Waals surface area contributed by atoms with Gasteiger partial charge in [0.05, 0.1) is 25.9 Å². The quantitative estimate of drug-likeness (QED) is 0.757. The van der Waals surface area contributed by atoms with Crippen molar-refractivity contribution >= 4 is 49.1 Å². The van der Waals surface area contributed by atoms with E-state index in [0.29, 0.717) is 13.0 Å². The highest BCUT2D eigenvalue weighted by atomic mass is 79.9. The highest BCUT2D eigenvalue weighted by molar-refractivity contribution is 9.10. The summed E-state index contributed by atoms with van der Waals surface area (Å²) in [6, 6.07) is 3.85. The molecule has 1 atom stereocenters. The summed E-state index contributed by atoms with van der Waals surface area (Å²) < 4.78 is 1.98. The van der Waals surface area contributed by atoms with E-state index in [-0.39, 0.29) is 11.8 Å². The number of anilines is 1. The summed E-state index contributed by atoms with van der Waals surface area (Å²) >= 11 is 5.12. The number of amides is 1. The van der Waals surface area contributed by atoms with Gasteiger partial charge in [-0.25, -0.2) is 4.98 Å². The number of hydrogen-bond donors (Lipinski definition) is 0. The lowest BCUT2D eigenvalue weighted by atomic mass is 10.1. The molecule has 90 valence electrons. The van der Waals surface area contributed by atoms with Crippen LogP contribution in [0.25, 0.3) is 10.2 Å². The predicted octanol–water partition coefficient (Wildman–Crippen LogP) is 3.04. The molecule has 1 aromatic carbocycles. The van der Waals surface area contributed by atoms with Crippen molar-refractivity contribution in [2.24, 2.45) is 5.92 Å². The van der Waals surface area contributed by atoms with Crippen molar-refractivity contribution < 1.29 is 4.79 Å². The van der Waals surface area contributed by atoms with Crippen LogP contribution in [0.5, 0.6) is 0 Å². The molecule has 0 spiro atoms.